The average molecular weight is 306 g/mol. The van der Waals surface area contributed by atoms with Crippen LogP contribution < -0.4 is 5.32 Å². The highest BCUT2D eigenvalue weighted by molar-refractivity contribution is 7.99. The number of rotatable bonds is 7. The van der Waals surface area contributed by atoms with Crippen LogP contribution in [0.1, 0.15) is 32.4 Å². The lowest BCUT2D eigenvalue weighted by atomic mass is 9.90. The molecular formula is C16H22N2O2S. The largest absolute Gasteiger partial charge is 0.388 e. The van der Waals surface area contributed by atoms with Crippen LogP contribution in [0.4, 0.5) is 0 Å². The minimum atomic E-state index is -0.851. The second kappa shape index (κ2) is 8.06. The number of nitriles is 1. The molecule has 0 spiro atoms. The van der Waals surface area contributed by atoms with Gasteiger partial charge in [-0.05, 0) is 18.4 Å². The molecule has 2 atom stereocenters. The van der Waals surface area contributed by atoms with Gasteiger partial charge in [0.25, 0.3) is 0 Å². The Morgan fingerprint density at radius 2 is 2.05 bits per heavy atom. The average Bonchev–Trinajstić information content (AvgIpc) is 2.47. The molecule has 1 rings (SSSR count). The van der Waals surface area contributed by atoms with E-state index < -0.39 is 11.6 Å². The second-order valence-corrected chi connectivity index (χ2v) is 6.49. The number of hydrogen-bond acceptors (Lipinski definition) is 4. The number of thioether (sulfide) groups is 1. The molecule has 2 N–H and O–H groups in total. The van der Waals surface area contributed by atoms with Crippen molar-refractivity contribution in [2.24, 2.45) is 5.92 Å². The lowest BCUT2D eigenvalue weighted by Gasteiger charge is -2.27. The van der Waals surface area contributed by atoms with Crippen molar-refractivity contribution >= 4 is 17.7 Å². The molecule has 0 aliphatic heterocycles. The third-order valence-corrected chi connectivity index (χ3v) is 4.50. The Hall–Kier alpha value is -1.51. The van der Waals surface area contributed by atoms with Crippen LogP contribution in [0.5, 0.6) is 0 Å². The number of carbonyl (C=O) groups excluding carboxylic acids is 1. The zero-order valence-corrected chi connectivity index (χ0v) is 13.5. The summed E-state index contributed by atoms with van der Waals surface area (Å²) >= 11 is 1.36. The third kappa shape index (κ3) is 5.41. The van der Waals surface area contributed by atoms with E-state index in [4.69, 9.17) is 5.26 Å². The summed E-state index contributed by atoms with van der Waals surface area (Å²) < 4.78 is 0. The van der Waals surface area contributed by atoms with Crippen LogP contribution in [0.25, 0.3) is 0 Å². The van der Waals surface area contributed by atoms with E-state index in [1.54, 1.807) is 6.92 Å². The predicted octanol–water partition coefficient (Wildman–Crippen LogP) is 2.51. The smallest absolute Gasteiger partial charge is 0.231 e. The van der Waals surface area contributed by atoms with Gasteiger partial charge in [0.2, 0.25) is 5.91 Å². The van der Waals surface area contributed by atoms with Crippen LogP contribution in [0, 0.1) is 17.2 Å². The molecule has 0 saturated heterocycles. The molecule has 0 saturated carbocycles. The van der Waals surface area contributed by atoms with Crippen LogP contribution in [0.2, 0.25) is 0 Å². The first kappa shape index (κ1) is 17.5. The van der Waals surface area contributed by atoms with Crippen LogP contribution in [0.15, 0.2) is 30.3 Å². The number of aliphatic hydroxyl groups excluding tert-OH is 1. The monoisotopic (exact) mass is 306 g/mol. The van der Waals surface area contributed by atoms with Crippen molar-refractivity contribution < 1.29 is 9.90 Å². The van der Waals surface area contributed by atoms with E-state index >= 15 is 0 Å². The summed E-state index contributed by atoms with van der Waals surface area (Å²) in [5.74, 6) is 0.528. The van der Waals surface area contributed by atoms with Crippen molar-refractivity contribution in [3.05, 3.63) is 35.9 Å². The minimum absolute atomic E-state index is 0.0337. The van der Waals surface area contributed by atoms with Crippen molar-refractivity contribution in [2.45, 2.75) is 32.4 Å². The van der Waals surface area contributed by atoms with E-state index in [1.165, 1.54) is 11.8 Å². The molecule has 1 amide bonds. The highest BCUT2D eigenvalue weighted by Crippen LogP contribution is 2.19. The molecule has 2 unspecified atom stereocenters. The molecule has 0 bridgehead atoms. The number of nitrogens with one attached hydrogen (secondary N) is 1. The fourth-order valence-corrected chi connectivity index (χ4v) is 2.45. The first-order valence-corrected chi connectivity index (χ1v) is 8.07. The number of benzene rings is 1. The van der Waals surface area contributed by atoms with Gasteiger partial charge in [-0.2, -0.15) is 5.26 Å². The summed E-state index contributed by atoms with van der Waals surface area (Å²) in [6, 6.07) is 11.5. The summed E-state index contributed by atoms with van der Waals surface area (Å²) in [6.45, 7) is 5.52. The molecule has 5 heteroatoms. The minimum Gasteiger partial charge on any atom is -0.388 e. The van der Waals surface area contributed by atoms with Crippen molar-refractivity contribution in [1.29, 1.82) is 5.26 Å². The van der Waals surface area contributed by atoms with Gasteiger partial charge >= 0.3 is 0 Å². The normalized spacial score (nSPS) is 15.0. The van der Waals surface area contributed by atoms with E-state index in [2.05, 4.69) is 11.4 Å². The number of hydrogen-bond donors (Lipinski definition) is 2. The second-order valence-electron chi connectivity index (χ2n) is 5.46. The SMILES string of the molecule is CC(C)C(C)(C#N)NC(=O)CSCC(O)c1ccccc1. The predicted molar refractivity (Wildman–Crippen MR) is 85.7 cm³/mol. The van der Waals surface area contributed by atoms with Crippen LogP contribution in [0.3, 0.4) is 0 Å². The molecule has 0 aliphatic carbocycles. The van der Waals surface area contributed by atoms with Crippen molar-refractivity contribution in [2.75, 3.05) is 11.5 Å². The van der Waals surface area contributed by atoms with E-state index in [9.17, 15) is 9.90 Å². The summed E-state index contributed by atoms with van der Waals surface area (Å²) in [6.07, 6.45) is -0.587. The molecule has 114 valence electrons. The zero-order valence-electron chi connectivity index (χ0n) is 12.7. The lowest BCUT2D eigenvalue weighted by Crippen LogP contribution is -2.49. The Balaban J connectivity index is 2.39. The molecule has 0 aliphatic rings. The van der Waals surface area contributed by atoms with Crippen LogP contribution in [-0.2, 0) is 4.79 Å². The molecule has 1 aromatic rings. The standard InChI is InChI=1S/C16H22N2O2S/c1-12(2)16(3,11-17)18-15(20)10-21-9-14(19)13-7-5-4-6-8-13/h4-8,12,14,19H,9-10H2,1-3H3,(H,18,20). The topological polar surface area (TPSA) is 73.1 Å². The van der Waals surface area contributed by atoms with Gasteiger partial charge in [0.1, 0.15) is 5.54 Å². The van der Waals surface area contributed by atoms with Gasteiger partial charge in [0.05, 0.1) is 17.9 Å². The van der Waals surface area contributed by atoms with E-state index in [-0.39, 0.29) is 17.6 Å². The molecule has 0 aromatic heterocycles. The number of nitrogens with zero attached hydrogens (tertiary/aromatic N) is 1. The van der Waals surface area contributed by atoms with Gasteiger partial charge in [-0.25, -0.2) is 0 Å². The fourth-order valence-electron chi connectivity index (χ4n) is 1.66. The summed E-state index contributed by atoms with van der Waals surface area (Å²) in [7, 11) is 0. The van der Waals surface area contributed by atoms with Crippen LogP contribution >= 0.6 is 11.8 Å². The summed E-state index contributed by atoms with van der Waals surface area (Å²) in [5, 5.41) is 21.9. The number of carbonyl (C=O) groups is 1. The van der Waals surface area contributed by atoms with Gasteiger partial charge in [-0.1, -0.05) is 44.2 Å². The molecule has 0 radical (unpaired) electrons. The Bertz CT molecular complexity index is 499. The van der Waals surface area contributed by atoms with Gasteiger partial charge < -0.3 is 10.4 Å². The maximum atomic E-state index is 11.9. The Morgan fingerprint density at radius 1 is 1.43 bits per heavy atom. The molecular weight excluding hydrogens is 284 g/mol. The van der Waals surface area contributed by atoms with E-state index in [0.717, 1.165) is 5.56 Å². The number of amides is 1. The highest BCUT2D eigenvalue weighted by Gasteiger charge is 2.29. The fraction of sp³-hybridized carbons (Fsp3) is 0.500. The van der Waals surface area contributed by atoms with E-state index in [0.29, 0.717) is 5.75 Å². The third-order valence-electron chi connectivity index (χ3n) is 3.48. The Labute approximate surface area is 130 Å². The van der Waals surface area contributed by atoms with Gasteiger partial charge in [-0.3, -0.25) is 4.79 Å². The van der Waals surface area contributed by atoms with Gasteiger partial charge in [0, 0.05) is 5.75 Å². The Kier molecular flexibility index (Phi) is 6.73. The molecule has 1 aromatic carbocycles. The lowest BCUT2D eigenvalue weighted by molar-refractivity contribution is -0.120. The number of aliphatic hydroxyl groups is 1. The summed E-state index contributed by atoms with van der Waals surface area (Å²) in [5.41, 5.74) is -0.00941. The van der Waals surface area contributed by atoms with Gasteiger partial charge in [-0.15, -0.1) is 11.8 Å². The molecule has 4 nitrogen and oxygen atoms in total. The molecule has 21 heavy (non-hydrogen) atoms. The van der Waals surface area contributed by atoms with Gasteiger partial charge in [0.15, 0.2) is 0 Å². The van der Waals surface area contributed by atoms with Crippen LogP contribution in [-0.4, -0.2) is 28.1 Å². The first-order chi connectivity index (χ1) is 9.89. The van der Waals surface area contributed by atoms with Crippen molar-refractivity contribution in [3.63, 3.8) is 0 Å². The maximum absolute atomic E-state index is 11.9. The van der Waals surface area contributed by atoms with Crippen molar-refractivity contribution in [1.82, 2.24) is 5.32 Å². The Morgan fingerprint density at radius 3 is 2.57 bits per heavy atom. The maximum Gasteiger partial charge on any atom is 0.231 e. The molecule has 0 fully saturated rings. The quantitative estimate of drug-likeness (QED) is 0.812. The molecule has 0 heterocycles. The van der Waals surface area contributed by atoms with Crippen molar-refractivity contribution in [3.8, 4) is 6.07 Å². The zero-order chi connectivity index (χ0) is 15.9. The highest BCUT2D eigenvalue weighted by atomic mass is 32.2. The van der Waals surface area contributed by atoms with E-state index in [1.807, 2.05) is 44.2 Å². The first-order valence-electron chi connectivity index (χ1n) is 6.92. The summed E-state index contributed by atoms with van der Waals surface area (Å²) in [4.78, 5) is 11.9.